The smallest absolute Gasteiger partial charge is 0.289 e. The number of thiophene rings is 1. The lowest BCUT2D eigenvalue weighted by atomic mass is 10.1. The highest BCUT2D eigenvalue weighted by Crippen LogP contribution is 2.27. The third-order valence-electron chi connectivity index (χ3n) is 4.45. The number of nitro groups is 2. The molecule has 1 aliphatic heterocycles. The fraction of sp³-hybridized carbons (Fsp3) is 0.353. The standard InChI is InChI=1S/C17H18N4O6S/c22-17(13-4-3-12(20(23)24)10-14(13)21(25)26)18-11-15(16-2-1-9-28-16)19-5-7-27-8-6-19/h1-4,9-10,15H,5-8,11H2,(H,18,22)/t15-/m1/s1. The Bertz CT molecular complexity index is 867. The minimum atomic E-state index is -0.791. The van der Waals surface area contributed by atoms with Gasteiger partial charge in [-0.3, -0.25) is 29.9 Å². The molecule has 2 aromatic rings. The number of carbonyl (C=O) groups excluding carboxylic acids is 1. The molecule has 1 amide bonds. The Hall–Kier alpha value is -2.89. The lowest BCUT2D eigenvalue weighted by Gasteiger charge is -2.34. The van der Waals surface area contributed by atoms with E-state index in [1.54, 1.807) is 11.3 Å². The number of hydrogen-bond donors (Lipinski definition) is 1. The Balaban J connectivity index is 1.77. The summed E-state index contributed by atoms with van der Waals surface area (Å²) in [5, 5.41) is 26.8. The number of carbonyl (C=O) groups is 1. The van der Waals surface area contributed by atoms with Gasteiger partial charge in [-0.05, 0) is 17.5 Å². The third kappa shape index (κ3) is 4.50. The second kappa shape index (κ2) is 8.87. The van der Waals surface area contributed by atoms with Gasteiger partial charge in [0, 0.05) is 30.6 Å². The molecular formula is C17H18N4O6S. The molecule has 1 aromatic carbocycles. The summed E-state index contributed by atoms with van der Waals surface area (Å²) in [6.07, 6.45) is 0. The molecule has 1 aromatic heterocycles. The molecule has 0 aliphatic carbocycles. The molecule has 1 aliphatic rings. The van der Waals surface area contributed by atoms with E-state index in [1.807, 2.05) is 17.5 Å². The quantitative estimate of drug-likeness (QED) is 0.552. The SMILES string of the molecule is O=C(NC[C@H](c1cccs1)N1CCOCC1)c1ccc([N+](=O)[O-])cc1[N+](=O)[O-]. The number of nitro benzene ring substituents is 2. The molecule has 0 spiro atoms. The molecule has 0 saturated carbocycles. The lowest BCUT2D eigenvalue weighted by Crippen LogP contribution is -2.43. The maximum absolute atomic E-state index is 12.6. The predicted octanol–water partition coefficient (Wildman–Crippen LogP) is 2.37. The number of rotatable bonds is 7. The van der Waals surface area contributed by atoms with E-state index in [4.69, 9.17) is 4.74 Å². The predicted molar refractivity (Wildman–Crippen MR) is 102 cm³/mol. The van der Waals surface area contributed by atoms with Crippen LogP contribution in [-0.4, -0.2) is 53.5 Å². The van der Waals surface area contributed by atoms with Gasteiger partial charge in [-0.25, -0.2) is 0 Å². The first kappa shape index (κ1) is 19.9. The van der Waals surface area contributed by atoms with Crippen molar-refractivity contribution in [3.63, 3.8) is 0 Å². The van der Waals surface area contributed by atoms with Crippen molar-refractivity contribution < 1.29 is 19.4 Å². The minimum Gasteiger partial charge on any atom is -0.379 e. The largest absolute Gasteiger partial charge is 0.379 e. The lowest BCUT2D eigenvalue weighted by molar-refractivity contribution is -0.394. The summed E-state index contributed by atoms with van der Waals surface area (Å²) in [7, 11) is 0. The second-order valence-electron chi connectivity index (χ2n) is 6.11. The van der Waals surface area contributed by atoms with Crippen LogP contribution in [0.4, 0.5) is 11.4 Å². The van der Waals surface area contributed by atoms with Gasteiger partial charge in [0.15, 0.2) is 0 Å². The van der Waals surface area contributed by atoms with Crippen molar-refractivity contribution in [2.24, 2.45) is 0 Å². The van der Waals surface area contributed by atoms with Gasteiger partial charge in [0.2, 0.25) is 0 Å². The van der Waals surface area contributed by atoms with Crippen LogP contribution in [0.2, 0.25) is 0 Å². The zero-order chi connectivity index (χ0) is 20.1. The number of hydrogen-bond acceptors (Lipinski definition) is 8. The molecule has 10 nitrogen and oxygen atoms in total. The van der Waals surface area contributed by atoms with Crippen LogP contribution in [-0.2, 0) is 4.74 Å². The van der Waals surface area contributed by atoms with Crippen LogP contribution in [0.25, 0.3) is 0 Å². The number of morpholine rings is 1. The zero-order valence-corrected chi connectivity index (χ0v) is 15.6. The fourth-order valence-electron chi connectivity index (χ4n) is 3.04. The highest BCUT2D eigenvalue weighted by Gasteiger charge is 2.27. The van der Waals surface area contributed by atoms with E-state index >= 15 is 0 Å². The van der Waals surface area contributed by atoms with Crippen LogP contribution < -0.4 is 5.32 Å². The number of nitrogens with one attached hydrogen (secondary N) is 1. The maximum Gasteiger partial charge on any atom is 0.289 e. The molecule has 0 radical (unpaired) electrons. The molecule has 28 heavy (non-hydrogen) atoms. The van der Waals surface area contributed by atoms with Gasteiger partial charge in [-0.1, -0.05) is 6.07 Å². The van der Waals surface area contributed by atoms with Gasteiger partial charge >= 0.3 is 0 Å². The molecule has 1 N–H and O–H groups in total. The van der Waals surface area contributed by atoms with Crippen molar-refractivity contribution >= 4 is 28.6 Å². The van der Waals surface area contributed by atoms with Gasteiger partial charge in [-0.2, -0.15) is 0 Å². The van der Waals surface area contributed by atoms with Gasteiger partial charge in [0.05, 0.1) is 35.2 Å². The molecular weight excluding hydrogens is 388 g/mol. The molecule has 0 unspecified atom stereocenters. The Morgan fingerprint density at radius 3 is 2.57 bits per heavy atom. The minimum absolute atomic E-state index is 0.0787. The van der Waals surface area contributed by atoms with Gasteiger partial charge < -0.3 is 10.1 Å². The summed E-state index contributed by atoms with van der Waals surface area (Å²) >= 11 is 1.57. The van der Waals surface area contributed by atoms with Crippen molar-refractivity contribution in [3.05, 3.63) is 66.4 Å². The Labute approximate surface area is 164 Å². The number of amides is 1. The maximum atomic E-state index is 12.6. The van der Waals surface area contributed by atoms with Crippen LogP contribution in [0.3, 0.4) is 0 Å². The molecule has 1 atom stereocenters. The average Bonchev–Trinajstić information content (AvgIpc) is 3.22. The first-order chi connectivity index (χ1) is 13.5. The molecule has 3 rings (SSSR count). The highest BCUT2D eigenvalue weighted by atomic mass is 32.1. The van der Waals surface area contributed by atoms with E-state index in [-0.39, 0.29) is 18.2 Å². The summed E-state index contributed by atoms with van der Waals surface area (Å²) in [5.41, 5.74) is -1.23. The number of non-ortho nitro benzene ring substituents is 1. The molecule has 0 bridgehead atoms. The van der Waals surface area contributed by atoms with Crippen molar-refractivity contribution in [1.29, 1.82) is 0 Å². The van der Waals surface area contributed by atoms with E-state index in [0.717, 1.165) is 36.2 Å². The van der Waals surface area contributed by atoms with Gasteiger partial charge in [-0.15, -0.1) is 11.3 Å². The summed E-state index contributed by atoms with van der Waals surface area (Å²) in [5.74, 6) is -0.642. The number of benzene rings is 1. The first-order valence-electron chi connectivity index (χ1n) is 8.53. The Morgan fingerprint density at radius 2 is 1.96 bits per heavy atom. The van der Waals surface area contributed by atoms with E-state index in [9.17, 15) is 25.0 Å². The van der Waals surface area contributed by atoms with E-state index in [0.29, 0.717) is 13.2 Å². The van der Waals surface area contributed by atoms with Crippen molar-refractivity contribution in [2.75, 3.05) is 32.8 Å². The van der Waals surface area contributed by atoms with Crippen molar-refractivity contribution in [3.8, 4) is 0 Å². The summed E-state index contributed by atoms with van der Waals surface area (Å²) < 4.78 is 5.38. The first-order valence-corrected chi connectivity index (χ1v) is 9.41. The van der Waals surface area contributed by atoms with Crippen LogP contribution in [0.15, 0.2) is 35.7 Å². The average molecular weight is 406 g/mol. The van der Waals surface area contributed by atoms with Crippen molar-refractivity contribution in [1.82, 2.24) is 10.2 Å². The van der Waals surface area contributed by atoms with E-state index in [1.165, 1.54) is 0 Å². The molecule has 2 heterocycles. The Morgan fingerprint density at radius 1 is 1.21 bits per heavy atom. The van der Waals surface area contributed by atoms with Gasteiger partial charge in [0.25, 0.3) is 17.3 Å². The summed E-state index contributed by atoms with van der Waals surface area (Å²) in [4.78, 5) is 36.4. The fourth-order valence-corrected chi connectivity index (χ4v) is 3.90. The van der Waals surface area contributed by atoms with Crippen LogP contribution in [0.5, 0.6) is 0 Å². The number of ether oxygens (including phenoxy) is 1. The van der Waals surface area contributed by atoms with E-state index in [2.05, 4.69) is 10.2 Å². The van der Waals surface area contributed by atoms with Crippen LogP contribution in [0, 0.1) is 20.2 Å². The Kier molecular flexibility index (Phi) is 6.29. The molecule has 1 fully saturated rings. The monoisotopic (exact) mass is 406 g/mol. The van der Waals surface area contributed by atoms with Crippen LogP contribution in [0.1, 0.15) is 21.3 Å². The third-order valence-corrected chi connectivity index (χ3v) is 5.42. The topological polar surface area (TPSA) is 128 Å². The number of nitrogens with zero attached hydrogens (tertiary/aromatic N) is 3. The highest BCUT2D eigenvalue weighted by molar-refractivity contribution is 7.10. The summed E-state index contributed by atoms with van der Waals surface area (Å²) in [6.45, 7) is 2.90. The molecule has 1 saturated heterocycles. The zero-order valence-electron chi connectivity index (χ0n) is 14.8. The normalized spacial score (nSPS) is 15.7. The van der Waals surface area contributed by atoms with Gasteiger partial charge in [0.1, 0.15) is 5.56 Å². The second-order valence-corrected chi connectivity index (χ2v) is 7.08. The molecule has 148 valence electrons. The van der Waals surface area contributed by atoms with E-state index < -0.39 is 27.1 Å². The van der Waals surface area contributed by atoms with Crippen LogP contribution >= 0.6 is 11.3 Å². The molecule has 11 heteroatoms. The summed E-state index contributed by atoms with van der Waals surface area (Å²) in [6, 6.07) is 6.82. The van der Waals surface area contributed by atoms with Crippen molar-refractivity contribution in [2.45, 2.75) is 6.04 Å².